The molecule has 0 aliphatic carbocycles. The van der Waals surface area contributed by atoms with Crippen molar-refractivity contribution >= 4 is 35.6 Å². The van der Waals surface area contributed by atoms with Crippen LogP contribution in [0.2, 0.25) is 0 Å². The number of hydrogen-bond acceptors (Lipinski definition) is 2. The monoisotopic (exact) mass is 443 g/mol. The molecular weight excluding hydrogens is 420 g/mol. The van der Waals surface area contributed by atoms with Crippen LogP contribution in [0.25, 0.3) is 0 Å². The lowest BCUT2D eigenvalue weighted by Crippen LogP contribution is -2.23. The van der Waals surface area contributed by atoms with Crippen LogP contribution >= 0.6 is 24.0 Å². The van der Waals surface area contributed by atoms with Crippen LogP contribution in [0, 0.1) is 5.82 Å². The van der Waals surface area contributed by atoms with Gasteiger partial charge in [-0.2, -0.15) is 0 Å². The van der Waals surface area contributed by atoms with Crippen molar-refractivity contribution in [3.63, 3.8) is 0 Å². The van der Waals surface area contributed by atoms with Crippen molar-refractivity contribution in [3.8, 4) is 0 Å². The van der Waals surface area contributed by atoms with Crippen LogP contribution in [0.15, 0.2) is 53.5 Å². The number of methoxy groups -OCH3 is 1. The maximum Gasteiger partial charge on any atom is 0.193 e. The van der Waals surface area contributed by atoms with Crippen LogP contribution < -0.4 is 11.1 Å². The third-order valence-electron chi connectivity index (χ3n) is 3.37. The number of nitrogens with two attached hydrogens (primary N) is 1. The molecule has 0 aromatic heterocycles. The van der Waals surface area contributed by atoms with E-state index in [1.807, 2.05) is 30.3 Å². The zero-order valence-electron chi connectivity index (χ0n) is 13.7. The summed E-state index contributed by atoms with van der Waals surface area (Å²) >= 11 is 0. The van der Waals surface area contributed by atoms with E-state index in [-0.39, 0.29) is 29.8 Å². The average Bonchev–Trinajstić information content (AvgIpc) is 2.54. The second-order valence-electron chi connectivity index (χ2n) is 5.22. The first-order chi connectivity index (χ1) is 11.2. The molecule has 2 aromatic rings. The Morgan fingerprint density at radius 3 is 2.75 bits per heavy atom. The second kappa shape index (κ2) is 11.0. The first kappa shape index (κ1) is 20.4. The van der Waals surface area contributed by atoms with Crippen molar-refractivity contribution in [2.75, 3.05) is 19.0 Å². The van der Waals surface area contributed by atoms with Gasteiger partial charge in [0.2, 0.25) is 0 Å². The van der Waals surface area contributed by atoms with Gasteiger partial charge in [0, 0.05) is 24.9 Å². The molecule has 6 heteroatoms. The van der Waals surface area contributed by atoms with E-state index in [9.17, 15) is 4.39 Å². The van der Waals surface area contributed by atoms with Crippen LogP contribution in [0.3, 0.4) is 0 Å². The highest BCUT2D eigenvalue weighted by Gasteiger charge is 2.02. The minimum atomic E-state index is -0.207. The lowest BCUT2D eigenvalue weighted by Gasteiger charge is -2.10. The second-order valence-corrected chi connectivity index (χ2v) is 5.22. The number of nitrogens with zero attached hydrogens (tertiary/aromatic N) is 1. The number of anilines is 1. The van der Waals surface area contributed by atoms with Gasteiger partial charge in [-0.25, -0.2) is 4.39 Å². The molecule has 0 unspecified atom stereocenters. The average molecular weight is 443 g/mol. The van der Waals surface area contributed by atoms with E-state index in [0.29, 0.717) is 19.1 Å². The first-order valence-electron chi connectivity index (χ1n) is 7.57. The van der Waals surface area contributed by atoms with Gasteiger partial charge in [-0.1, -0.05) is 30.3 Å². The molecule has 2 rings (SSSR count). The fraction of sp³-hybridized carbons (Fsp3) is 0.278. The highest BCUT2D eigenvalue weighted by molar-refractivity contribution is 14.0. The molecule has 4 nitrogen and oxygen atoms in total. The summed E-state index contributed by atoms with van der Waals surface area (Å²) in [5.41, 5.74) is 8.79. The third-order valence-corrected chi connectivity index (χ3v) is 3.37. The fourth-order valence-corrected chi connectivity index (χ4v) is 2.28. The Morgan fingerprint density at radius 2 is 2.00 bits per heavy atom. The molecular formula is C18H23FIN3O. The standard InChI is InChI=1S/C18H22FN3O.HI/c1-23-13-15-8-2-3-10-17(15)22-18(20)21-11-5-7-14-6-4-9-16(19)12-14;/h2-4,6,8-10,12H,5,7,11,13H2,1H3,(H3,20,21,22);1H. The predicted molar refractivity (Wildman–Crippen MR) is 107 cm³/mol. The van der Waals surface area contributed by atoms with E-state index >= 15 is 0 Å². The molecule has 0 heterocycles. The molecule has 0 fully saturated rings. The molecule has 2 aromatic carbocycles. The van der Waals surface area contributed by atoms with Crippen LogP contribution in [0.4, 0.5) is 10.1 Å². The van der Waals surface area contributed by atoms with Crippen molar-refractivity contribution in [3.05, 3.63) is 65.5 Å². The molecule has 0 aliphatic heterocycles. The molecule has 3 N–H and O–H groups in total. The lowest BCUT2D eigenvalue weighted by atomic mass is 10.1. The molecule has 0 saturated carbocycles. The fourth-order valence-electron chi connectivity index (χ4n) is 2.28. The Kier molecular flexibility index (Phi) is 9.33. The number of nitrogens with one attached hydrogen (secondary N) is 1. The summed E-state index contributed by atoms with van der Waals surface area (Å²) in [4.78, 5) is 4.31. The van der Waals surface area contributed by atoms with Crippen molar-refractivity contribution in [1.82, 2.24) is 0 Å². The topological polar surface area (TPSA) is 59.6 Å². The van der Waals surface area contributed by atoms with Crippen LogP contribution in [0.5, 0.6) is 0 Å². The number of ether oxygens (including phenoxy) is 1. The maximum absolute atomic E-state index is 13.1. The Labute approximate surface area is 159 Å². The lowest BCUT2D eigenvalue weighted by molar-refractivity contribution is 0.185. The van der Waals surface area contributed by atoms with E-state index in [4.69, 9.17) is 10.5 Å². The quantitative estimate of drug-likeness (QED) is 0.295. The third kappa shape index (κ3) is 6.84. The maximum atomic E-state index is 13.1. The highest BCUT2D eigenvalue weighted by Crippen LogP contribution is 2.15. The zero-order valence-corrected chi connectivity index (χ0v) is 16.0. The Bertz CT molecular complexity index is 664. The van der Waals surface area contributed by atoms with Gasteiger partial charge in [0.1, 0.15) is 5.82 Å². The van der Waals surface area contributed by atoms with Gasteiger partial charge >= 0.3 is 0 Å². The van der Waals surface area contributed by atoms with E-state index < -0.39 is 0 Å². The van der Waals surface area contributed by atoms with Crippen molar-refractivity contribution in [1.29, 1.82) is 0 Å². The van der Waals surface area contributed by atoms with Gasteiger partial charge in [-0.15, -0.1) is 24.0 Å². The molecule has 0 bridgehead atoms. The van der Waals surface area contributed by atoms with Crippen LogP contribution in [-0.4, -0.2) is 19.6 Å². The van der Waals surface area contributed by atoms with Crippen molar-refractivity contribution in [2.45, 2.75) is 19.4 Å². The Balaban J connectivity index is 0.00000288. The molecule has 0 amide bonds. The summed E-state index contributed by atoms with van der Waals surface area (Å²) in [7, 11) is 1.65. The number of halogens is 2. The number of hydrogen-bond donors (Lipinski definition) is 2. The van der Waals surface area contributed by atoms with Gasteiger partial charge in [0.15, 0.2) is 5.96 Å². The molecule has 0 aliphatic rings. The largest absolute Gasteiger partial charge is 0.380 e. The molecule has 0 radical (unpaired) electrons. The predicted octanol–water partition coefficient (Wildman–Crippen LogP) is 3.95. The summed E-state index contributed by atoms with van der Waals surface area (Å²) in [6.07, 6.45) is 1.58. The number of rotatable bonds is 7. The van der Waals surface area contributed by atoms with Crippen LogP contribution in [0.1, 0.15) is 17.5 Å². The normalized spacial score (nSPS) is 11.0. The van der Waals surface area contributed by atoms with Gasteiger partial charge in [0.05, 0.1) is 6.61 Å². The molecule has 0 atom stereocenters. The van der Waals surface area contributed by atoms with E-state index in [2.05, 4.69) is 10.3 Å². The minimum absolute atomic E-state index is 0. The van der Waals surface area contributed by atoms with Gasteiger partial charge in [0.25, 0.3) is 0 Å². The van der Waals surface area contributed by atoms with Gasteiger partial charge in [-0.3, -0.25) is 4.99 Å². The van der Waals surface area contributed by atoms with Crippen LogP contribution in [-0.2, 0) is 17.8 Å². The highest BCUT2D eigenvalue weighted by atomic mass is 127. The number of guanidine groups is 1. The summed E-state index contributed by atoms with van der Waals surface area (Å²) in [5.74, 6) is 0.162. The smallest absolute Gasteiger partial charge is 0.193 e. The van der Waals surface area contributed by atoms with E-state index in [0.717, 1.165) is 29.7 Å². The number of aliphatic imine (C=N–C) groups is 1. The number of aryl methyl sites for hydroxylation is 1. The van der Waals surface area contributed by atoms with E-state index in [1.165, 1.54) is 6.07 Å². The van der Waals surface area contributed by atoms with Gasteiger partial charge in [-0.05, 0) is 36.6 Å². The molecule has 130 valence electrons. The summed E-state index contributed by atoms with van der Waals surface area (Å²) in [6.45, 7) is 1.10. The van der Waals surface area contributed by atoms with Gasteiger partial charge < -0.3 is 15.8 Å². The summed E-state index contributed by atoms with van der Waals surface area (Å²) in [5, 5.41) is 3.09. The van der Waals surface area contributed by atoms with Crippen molar-refractivity contribution < 1.29 is 9.13 Å². The van der Waals surface area contributed by atoms with E-state index in [1.54, 1.807) is 19.2 Å². The molecule has 0 saturated heterocycles. The zero-order chi connectivity index (χ0) is 16.5. The van der Waals surface area contributed by atoms with Crippen molar-refractivity contribution in [2.24, 2.45) is 10.7 Å². The summed E-state index contributed by atoms with van der Waals surface area (Å²) < 4.78 is 18.2. The minimum Gasteiger partial charge on any atom is -0.380 e. The molecule has 0 spiro atoms. The SMILES string of the molecule is COCc1ccccc1NC(N)=NCCCc1cccc(F)c1.I. The number of benzene rings is 2. The summed E-state index contributed by atoms with van der Waals surface area (Å²) in [6, 6.07) is 14.4. The Morgan fingerprint density at radius 1 is 1.21 bits per heavy atom. The Hall–Kier alpha value is -1.67. The number of para-hydroxylation sites is 1. The first-order valence-corrected chi connectivity index (χ1v) is 7.57. The molecule has 24 heavy (non-hydrogen) atoms.